The maximum atomic E-state index is 14.1. The van der Waals surface area contributed by atoms with Gasteiger partial charge >= 0.3 is 0 Å². The second-order valence-corrected chi connectivity index (χ2v) is 10.7. The van der Waals surface area contributed by atoms with Crippen LogP contribution in [0.5, 0.6) is 5.75 Å². The summed E-state index contributed by atoms with van der Waals surface area (Å²) >= 11 is 0. The monoisotopic (exact) mass is 381 g/mol. The van der Waals surface area contributed by atoms with E-state index in [0.717, 1.165) is 18.8 Å². The third kappa shape index (κ3) is 6.68. The third-order valence-corrected chi connectivity index (χ3v) is 8.73. The third-order valence-electron chi connectivity index (χ3n) is 5.68. The zero-order valence-corrected chi connectivity index (χ0v) is 17.6. The van der Waals surface area contributed by atoms with Gasteiger partial charge in [-0.2, -0.15) is 4.39 Å². The Labute approximate surface area is 160 Å². The van der Waals surface area contributed by atoms with E-state index in [1.165, 1.54) is 56.7 Å². The lowest BCUT2D eigenvalue weighted by Gasteiger charge is -2.27. The summed E-state index contributed by atoms with van der Waals surface area (Å²) in [4.78, 5) is 0. The van der Waals surface area contributed by atoms with Crippen LogP contribution in [0.4, 0.5) is 8.78 Å². The first-order valence-electron chi connectivity index (χ1n) is 10.6. The van der Waals surface area contributed by atoms with E-state index in [1.54, 1.807) is 19.1 Å². The lowest BCUT2D eigenvalue weighted by Crippen LogP contribution is -2.21. The van der Waals surface area contributed by atoms with Crippen LogP contribution in [0.25, 0.3) is 0 Å². The van der Waals surface area contributed by atoms with Crippen molar-refractivity contribution in [3.8, 4) is 5.75 Å². The summed E-state index contributed by atoms with van der Waals surface area (Å²) in [7, 11) is -0.0477. The maximum absolute atomic E-state index is 14.1. The van der Waals surface area contributed by atoms with Gasteiger partial charge in [0.15, 0.2) is 11.6 Å². The average molecular weight is 382 g/mol. The minimum absolute atomic E-state index is 0.0208. The average Bonchev–Trinajstić information content (AvgIpc) is 2.65. The molecular formula is C22H35F2OSi. The van der Waals surface area contributed by atoms with Gasteiger partial charge in [0.1, 0.15) is 0 Å². The summed E-state index contributed by atoms with van der Waals surface area (Å²) in [5.41, 5.74) is 0.482. The molecule has 1 fully saturated rings. The van der Waals surface area contributed by atoms with Crippen LogP contribution in [-0.2, 0) is 6.42 Å². The van der Waals surface area contributed by atoms with Gasteiger partial charge in [0.2, 0.25) is 5.82 Å². The quantitative estimate of drug-likeness (QED) is 0.291. The van der Waals surface area contributed by atoms with Gasteiger partial charge < -0.3 is 4.74 Å². The Morgan fingerprint density at radius 1 is 1.00 bits per heavy atom. The van der Waals surface area contributed by atoms with E-state index in [-0.39, 0.29) is 14.5 Å². The van der Waals surface area contributed by atoms with Gasteiger partial charge in [-0.15, -0.1) is 0 Å². The van der Waals surface area contributed by atoms with Crippen molar-refractivity contribution < 1.29 is 13.5 Å². The van der Waals surface area contributed by atoms with E-state index < -0.39 is 11.6 Å². The molecule has 0 saturated carbocycles. The van der Waals surface area contributed by atoms with Gasteiger partial charge in [-0.25, -0.2) is 4.39 Å². The molecule has 1 saturated heterocycles. The van der Waals surface area contributed by atoms with Crippen LogP contribution in [0, 0.1) is 17.6 Å². The molecule has 0 bridgehead atoms. The van der Waals surface area contributed by atoms with Crippen molar-refractivity contribution in [1.82, 2.24) is 0 Å². The van der Waals surface area contributed by atoms with Gasteiger partial charge in [-0.1, -0.05) is 76.1 Å². The summed E-state index contributed by atoms with van der Waals surface area (Å²) in [5, 5.41) is 0. The van der Waals surface area contributed by atoms with Gasteiger partial charge in [0, 0.05) is 8.80 Å². The summed E-state index contributed by atoms with van der Waals surface area (Å²) in [5.74, 6) is -0.674. The molecule has 2 rings (SSSR count). The Morgan fingerprint density at radius 3 is 2.46 bits per heavy atom. The molecule has 0 aliphatic carbocycles. The molecule has 0 amide bonds. The first-order valence-corrected chi connectivity index (χ1v) is 12.7. The highest BCUT2D eigenvalue weighted by atomic mass is 28.3. The summed E-state index contributed by atoms with van der Waals surface area (Å²) < 4.78 is 33.1. The van der Waals surface area contributed by atoms with E-state index >= 15 is 0 Å². The summed E-state index contributed by atoms with van der Waals surface area (Å²) in [6, 6.07) is 7.75. The highest BCUT2D eigenvalue weighted by Gasteiger charge is 2.21. The number of halogens is 2. The first kappa shape index (κ1) is 21.4. The van der Waals surface area contributed by atoms with Crippen LogP contribution in [0.2, 0.25) is 18.1 Å². The molecule has 1 aromatic carbocycles. The molecule has 1 nitrogen and oxygen atoms in total. The zero-order chi connectivity index (χ0) is 18.8. The normalized spacial score (nSPS) is 16.2. The lowest BCUT2D eigenvalue weighted by atomic mass is 9.94. The Morgan fingerprint density at radius 2 is 1.77 bits per heavy atom. The fraction of sp³-hybridized carbons (Fsp3) is 0.727. The summed E-state index contributed by atoms with van der Waals surface area (Å²) in [6.45, 7) is 4.40. The molecule has 147 valence electrons. The standard InChI is InChI=1S/C22H35F2OSi/c1-3-5-8-15-26-16-13-18(14-17-26)9-6-7-10-19-11-12-20(25-4-2)22(24)21(19)23/h11-12,18H,3-10,13-17H2,1-2H3. The van der Waals surface area contributed by atoms with E-state index in [4.69, 9.17) is 4.74 Å². The molecule has 0 N–H and O–H groups in total. The second-order valence-electron chi connectivity index (χ2n) is 7.68. The molecule has 1 aliphatic heterocycles. The number of aryl methyl sites for hydroxylation is 1. The van der Waals surface area contributed by atoms with Gasteiger partial charge in [0.25, 0.3) is 0 Å². The van der Waals surface area contributed by atoms with E-state index in [0.29, 0.717) is 18.6 Å². The minimum atomic E-state index is -0.839. The number of hydrogen-bond donors (Lipinski definition) is 0. The Hall–Kier alpha value is -0.903. The minimum Gasteiger partial charge on any atom is -0.491 e. The number of unbranched alkanes of at least 4 members (excludes halogenated alkanes) is 3. The predicted molar refractivity (Wildman–Crippen MR) is 108 cm³/mol. The van der Waals surface area contributed by atoms with Crippen molar-refractivity contribution in [2.45, 2.75) is 89.8 Å². The number of hydrogen-bond acceptors (Lipinski definition) is 1. The molecule has 0 aromatic heterocycles. The zero-order valence-electron chi connectivity index (χ0n) is 16.6. The first-order chi connectivity index (χ1) is 12.7. The summed E-state index contributed by atoms with van der Waals surface area (Å²) in [6.07, 6.45) is 10.9. The SMILES string of the molecule is CCCCC[Si]1CCC(CCCCc2ccc(OCC)c(F)c2F)CC1. The molecule has 0 unspecified atom stereocenters. The molecule has 1 aliphatic rings. The molecule has 1 radical (unpaired) electrons. The van der Waals surface area contributed by atoms with E-state index in [2.05, 4.69) is 6.92 Å². The van der Waals surface area contributed by atoms with Gasteiger partial charge in [-0.3, -0.25) is 0 Å². The van der Waals surface area contributed by atoms with Crippen LogP contribution in [0.15, 0.2) is 12.1 Å². The fourth-order valence-electron chi connectivity index (χ4n) is 4.03. The van der Waals surface area contributed by atoms with Crippen molar-refractivity contribution in [1.29, 1.82) is 0 Å². The predicted octanol–water partition coefficient (Wildman–Crippen LogP) is 7.17. The number of ether oxygens (including phenoxy) is 1. The molecule has 0 atom stereocenters. The van der Waals surface area contributed by atoms with Crippen molar-refractivity contribution in [3.05, 3.63) is 29.3 Å². The van der Waals surface area contributed by atoms with Crippen LogP contribution < -0.4 is 4.74 Å². The molecule has 1 aromatic rings. The number of rotatable bonds is 11. The molecule has 1 heterocycles. The Balaban J connectivity index is 1.65. The van der Waals surface area contributed by atoms with E-state index in [9.17, 15) is 8.78 Å². The molecular weight excluding hydrogens is 346 g/mol. The highest BCUT2D eigenvalue weighted by molar-refractivity contribution is 6.58. The van der Waals surface area contributed by atoms with Crippen LogP contribution in [0.3, 0.4) is 0 Å². The van der Waals surface area contributed by atoms with Crippen LogP contribution in [-0.4, -0.2) is 15.4 Å². The number of benzene rings is 1. The topological polar surface area (TPSA) is 9.23 Å². The van der Waals surface area contributed by atoms with Crippen molar-refractivity contribution in [2.75, 3.05) is 6.61 Å². The van der Waals surface area contributed by atoms with Crippen molar-refractivity contribution in [3.63, 3.8) is 0 Å². The fourth-order valence-corrected chi connectivity index (χ4v) is 7.16. The maximum Gasteiger partial charge on any atom is 0.200 e. The molecule has 0 spiro atoms. The van der Waals surface area contributed by atoms with Crippen molar-refractivity contribution in [2.24, 2.45) is 5.92 Å². The van der Waals surface area contributed by atoms with E-state index in [1.807, 2.05) is 0 Å². The van der Waals surface area contributed by atoms with Gasteiger partial charge in [0.05, 0.1) is 6.61 Å². The molecule has 4 heteroatoms. The van der Waals surface area contributed by atoms with Gasteiger partial charge in [-0.05, 0) is 37.3 Å². The Bertz CT molecular complexity index is 527. The van der Waals surface area contributed by atoms with Crippen molar-refractivity contribution >= 4 is 8.80 Å². The highest BCUT2D eigenvalue weighted by Crippen LogP contribution is 2.32. The molecule has 26 heavy (non-hydrogen) atoms. The lowest BCUT2D eigenvalue weighted by molar-refractivity contribution is 0.313. The largest absolute Gasteiger partial charge is 0.491 e. The van der Waals surface area contributed by atoms with Crippen LogP contribution in [0.1, 0.15) is 70.8 Å². The van der Waals surface area contributed by atoms with Crippen LogP contribution >= 0.6 is 0 Å². The Kier molecular flexibility index (Phi) is 9.66. The smallest absolute Gasteiger partial charge is 0.200 e. The second kappa shape index (κ2) is 11.7.